The Balaban J connectivity index is -0.000000224. The van der Waals surface area contributed by atoms with Crippen LogP contribution in [0.1, 0.15) is 423 Å². The molecule has 0 heterocycles. The second kappa shape index (κ2) is 61.1. The van der Waals surface area contributed by atoms with Crippen LogP contribution in [0.3, 0.4) is 0 Å². The van der Waals surface area contributed by atoms with Gasteiger partial charge in [0.25, 0.3) is 17.9 Å². The topological polar surface area (TPSA) is 265 Å². The van der Waals surface area contributed by atoms with Crippen molar-refractivity contribution in [3.63, 3.8) is 0 Å². The van der Waals surface area contributed by atoms with E-state index in [9.17, 15) is 38.4 Å². The second-order valence-electron chi connectivity index (χ2n) is 36.7. The monoisotopic (exact) mass is 1480 g/mol. The zero-order valence-electron chi connectivity index (χ0n) is 68.0. The molecule has 0 aromatic heterocycles. The summed E-state index contributed by atoms with van der Waals surface area (Å²) < 4.78 is 15.8. The van der Waals surface area contributed by atoms with Gasteiger partial charge < -0.3 is 39.5 Å². The zero-order valence-corrected chi connectivity index (χ0v) is 70.2. The van der Waals surface area contributed by atoms with Crippen molar-refractivity contribution < 1.29 is 100 Å². The normalized spacial score (nSPS) is 11.7. The number of rotatable bonds is 43. The second-order valence-corrected chi connectivity index (χ2v) is 36.7. The molecule has 5 N–H and O–H groups in total. The van der Waals surface area contributed by atoms with Gasteiger partial charge in [-0.25, -0.2) is 0 Å². The van der Waals surface area contributed by atoms with Gasteiger partial charge >= 0.3 is 37.2 Å². The molecule has 18 heteroatoms. The first-order chi connectivity index (χ1) is 44.0. The number of hydrogen-bond donors (Lipinski definition) is 5. The SMILES string of the molecule is CC(C)(C)CCCCCC(=O)O.CC(C)(C)CCCCCC(=O)O.CC(C)(C)CCCCCC(=O)O.CC(C)(C)CCCCCC(=O)O.CC(C)(C)CCCCCC(=O)O.CC(C)(C)CCCCCC(=O)OB(OC(=O)CCCCCC(C)(C)C)OC(=O)CCCCCC(C)(C)C.[Nb]. The number of carbonyl (C=O) groups is 8. The number of hydrogen-bond acceptors (Lipinski definition) is 11. The molecular weight excluding hydrogens is 1320 g/mol. The van der Waals surface area contributed by atoms with Crippen LogP contribution in [0, 0.1) is 43.3 Å². The fourth-order valence-corrected chi connectivity index (χ4v) is 9.42. The first-order valence-electron chi connectivity index (χ1n) is 37.7. The van der Waals surface area contributed by atoms with Crippen molar-refractivity contribution in [3.8, 4) is 0 Å². The molecule has 0 aliphatic carbocycles. The molecule has 0 spiro atoms. The summed E-state index contributed by atoms with van der Waals surface area (Å²) in [6, 6.07) is 0. The van der Waals surface area contributed by atoms with Gasteiger partial charge in [0.05, 0.1) is 0 Å². The van der Waals surface area contributed by atoms with Gasteiger partial charge in [-0.05, 0) is 146 Å². The minimum Gasteiger partial charge on any atom is -0.481 e. The summed E-state index contributed by atoms with van der Waals surface area (Å²) in [4.78, 5) is 87.9. The van der Waals surface area contributed by atoms with Gasteiger partial charge in [-0.1, -0.05) is 269 Å². The van der Waals surface area contributed by atoms with E-state index < -0.39 is 55.1 Å². The summed E-state index contributed by atoms with van der Waals surface area (Å²) in [5.41, 5.74) is 2.77. The third kappa shape index (κ3) is 120. The summed E-state index contributed by atoms with van der Waals surface area (Å²) >= 11 is 0. The number of carboxylic acids is 5. The van der Waals surface area contributed by atoms with E-state index in [-0.39, 0.29) is 57.9 Å². The number of unbranched alkanes of at least 4 members (excludes halogenated alkanes) is 16. The molecule has 0 unspecified atom stereocenters. The van der Waals surface area contributed by atoms with E-state index >= 15 is 0 Å². The van der Waals surface area contributed by atoms with Crippen LogP contribution in [-0.4, -0.2) is 80.6 Å². The molecule has 0 fully saturated rings. The summed E-state index contributed by atoms with van der Waals surface area (Å²) in [6.45, 7) is 53.0. The van der Waals surface area contributed by atoms with Crippen LogP contribution < -0.4 is 0 Å². The maximum absolute atomic E-state index is 12.4. The van der Waals surface area contributed by atoms with Crippen LogP contribution in [0.4, 0.5) is 0 Å². The van der Waals surface area contributed by atoms with Crippen molar-refractivity contribution in [1.82, 2.24) is 0 Å². The van der Waals surface area contributed by atoms with E-state index in [2.05, 4.69) is 166 Å². The number of aliphatic carboxylic acids is 5. The van der Waals surface area contributed by atoms with Crippen molar-refractivity contribution >= 4 is 55.1 Å². The molecule has 0 saturated carbocycles. The van der Waals surface area contributed by atoms with Crippen LogP contribution in [0.5, 0.6) is 0 Å². The molecule has 581 valence electrons. The van der Waals surface area contributed by atoms with Crippen molar-refractivity contribution in [2.45, 2.75) is 423 Å². The van der Waals surface area contributed by atoms with E-state index in [1.165, 1.54) is 32.1 Å². The van der Waals surface area contributed by atoms with Crippen molar-refractivity contribution in [1.29, 1.82) is 0 Å². The van der Waals surface area contributed by atoms with Gasteiger partial charge in [-0.15, -0.1) is 0 Å². The Morgan fingerprint density at radius 1 is 0.204 bits per heavy atom. The Labute approximate surface area is 618 Å². The maximum Gasteiger partial charge on any atom is 0.870 e. The van der Waals surface area contributed by atoms with E-state index in [1.54, 1.807) is 0 Å². The van der Waals surface area contributed by atoms with Gasteiger partial charge in [0.15, 0.2) is 0 Å². The summed E-state index contributed by atoms with van der Waals surface area (Å²) in [6.07, 6.45) is 34.4. The number of carbonyl (C=O) groups excluding carboxylic acids is 3. The molecule has 0 rings (SSSR count). The quantitative estimate of drug-likeness (QED) is 0.0281. The van der Waals surface area contributed by atoms with Crippen LogP contribution in [0.25, 0.3) is 0 Å². The van der Waals surface area contributed by atoms with E-state index in [4.69, 9.17) is 39.5 Å². The van der Waals surface area contributed by atoms with Gasteiger partial charge in [0, 0.05) is 73.7 Å². The Kier molecular flexibility index (Phi) is 67.3. The van der Waals surface area contributed by atoms with Crippen LogP contribution >= 0.6 is 0 Å². The predicted octanol–water partition coefficient (Wildman–Crippen LogP) is 23.9. The van der Waals surface area contributed by atoms with E-state index in [0.29, 0.717) is 78.4 Å². The Bertz CT molecular complexity index is 1710. The minimum atomic E-state index is -1.61. The number of carboxylic acid groups (broad SMARTS) is 5. The molecule has 0 aliphatic rings. The third-order valence-electron chi connectivity index (χ3n) is 15.2. The molecule has 98 heavy (non-hydrogen) atoms. The predicted molar refractivity (Wildman–Crippen MR) is 403 cm³/mol. The summed E-state index contributed by atoms with van der Waals surface area (Å²) in [5, 5.41) is 41.9. The molecule has 1 radical (unpaired) electrons. The van der Waals surface area contributed by atoms with E-state index in [0.717, 1.165) is 154 Å². The Hall–Kier alpha value is -3.43. The van der Waals surface area contributed by atoms with Crippen molar-refractivity contribution in [2.24, 2.45) is 43.3 Å². The third-order valence-corrected chi connectivity index (χ3v) is 15.2. The van der Waals surface area contributed by atoms with E-state index in [1.807, 2.05) is 0 Å². The fourth-order valence-electron chi connectivity index (χ4n) is 9.42. The Morgan fingerprint density at radius 3 is 0.418 bits per heavy atom. The largest absolute Gasteiger partial charge is 0.870 e. The molecule has 0 amide bonds. The maximum atomic E-state index is 12.4. The fraction of sp³-hybridized carbons (Fsp3) is 0.900. The molecular formula is C80H157BNbO16. The average Bonchev–Trinajstić information content (AvgIpc) is 0.954. The molecule has 0 saturated heterocycles. The molecule has 0 bridgehead atoms. The van der Waals surface area contributed by atoms with Crippen molar-refractivity contribution in [3.05, 3.63) is 0 Å². The first-order valence-corrected chi connectivity index (χ1v) is 37.7. The minimum absolute atomic E-state index is 0. The molecule has 0 atom stereocenters. The van der Waals surface area contributed by atoms with Crippen LogP contribution in [0.15, 0.2) is 0 Å². The average molecular weight is 1480 g/mol. The first kappa shape index (κ1) is 108. The van der Waals surface area contributed by atoms with Gasteiger partial charge in [-0.3, -0.25) is 38.4 Å². The Morgan fingerprint density at radius 2 is 0.316 bits per heavy atom. The smallest absolute Gasteiger partial charge is 0.481 e. The van der Waals surface area contributed by atoms with Gasteiger partial charge in [0.2, 0.25) is 0 Å². The standard InChI is InChI=1S/C30H57BO6.5C10H20O2.Nb/c1-28(2,3)22-16-10-13-19-25(32)35-31(36-26(33)20-14-11-17-23-29(4,5)6)37-27(34)21-15-12-18-24-30(7,8)9;5*1-10(2,3)8-6-4-5-7-9(11)12;/h10-24H2,1-9H3;5*4-8H2,1-3H3,(H,11,12);. The van der Waals surface area contributed by atoms with Crippen LogP contribution in [-0.2, 0) is 74.7 Å². The van der Waals surface area contributed by atoms with Crippen molar-refractivity contribution in [2.75, 3.05) is 0 Å². The van der Waals surface area contributed by atoms with Gasteiger partial charge in [0.1, 0.15) is 0 Å². The molecule has 0 aromatic rings. The summed E-state index contributed by atoms with van der Waals surface area (Å²) in [7, 11) is -1.61. The van der Waals surface area contributed by atoms with Gasteiger partial charge in [-0.2, -0.15) is 0 Å². The molecule has 16 nitrogen and oxygen atoms in total. The summed E-state index contributed by atoms with van der Waals surface area (Å²) in [5.74, 6) is -4.93. The zero-order chi connectivity index (χ0) is 76.6. The molecule has 0 aromatic carbocycles. The van der Waals surface area contributed by atoms with Crippen LogP contribution in [0.2, 0.25) is 0 Å². The molecule has 0 aliphatic heterocycles.